The minimum Gasteiger partial charge on any atom is -0.346 e. The Morgan fingerprint density at radius 2 is 2.00 bits per heavy atom. The Kier molecular flexibility index (Phi) is 4.57. The zero-order valence-electron chi connectivity index (χ0n) is 12.4. The van der Waals surface area contributed by atoms with Crippen LogP contribution in [0.2, 0.25) is 0 Å². The van der Waals surface area contributed by atoms with E-state index in [2.05, 4.69) is 15.3 Å². The van der Waals surface area contributed by atoms with Gasteiger partial charge in [-0.05, 0) is 18.2 Å². The Hall–Kier alpha value is -3.13. The van der Waals surface area contributed by atoms with Gasteiger partial charge in [0.15, 0.2) is 0 Å². The lowest BCUT2D eigenvalue weighted by molar-refractivity contribution is -0.385. The molecule has 1 aromatic carbocycles. The number of nitro groups is 1. The van der Waals surface area contributed by atoms with E-state index < -0.39 is 10.8 Å². The van der Waals surface area contributed by atoms with Gasteiger partial charge < -0.3 is 5.32 Å². The van der Waals surface area contributed by atoms with Crippen LogP contribution < -0.4 is 5.32 Å². The lowest BCUT2D eigenvalue weighted by Crippen LogP contribution is -2.23. The second-order valence-corrected chi connectivity index (χ2v) is 5.67. The van der Waals surface area contributed by atoms with Gasteiger partial charge in [-0.3, -0.25) is 19.9 Å². The molecule has 0 aliphatic heterocycles. The topological polar surface area (TPSA) is 98.0 Å². The van der Waals surface area contributed by atoms with Gasteiger partial charge in [-0.2, -0.15) is 0 Å². The van der Waals surface area contributed by atoms with Crippen LogP contribution >= 0.6 is 11.3 Å². The number of rotatable bonds is 5. The molecule has 0 unspecified atom stereocenters. The van der Waals surface area contributed by atoms with Crippen molar-refractivity contribution < 1.29 is 9.72 Å². The number of nitrogens with zero attached hydrogens (tertiary/aromatic N) is 3. The Labute approximate surface area is 141 Å². The molecule has 2 aromatic heterocycles. The van der Waals surface area contributed by atoms with E-state index in [1.165, 1.54) is 29.5 Å². The quantitative estimate of drug-likeness (QED) is 0.568. The van der Waals surface area contributed by atoms with Gasteiger partial charge in [-0.25, -0.2) is 4.98 Å². The molecule has 0 aliphatic carbocycles. The van der Waals surface area contributed by atoms with Crippen LogP contribution in [0.5, 0.6) is 0 Å². The second kappa shape index (κ2) is 6.97. The van der Waals surface area contributed by atoms with E-state index in [1.807, 2.05) is 23.6 Å². The summed E-state index contributed by atoms with van der Waals surface area (Å²) in [5.41, 5.74) is 1.25. The first-order valence-electron chi connectivity index (χ1n) is 7.02. The molecule has 8 heteroatoms. The zero-order chi connectivity index (χ0) is 16.9. The van der Waals surface area contributed by atoms with Gasteiger partial charge in [-0.15, -0.1) is 11.3 Å². The average molecular weight is 340 g/mol. The fourth-order valence-electron chi connectivity index (χ4n) is 2.09. The standard InChI is InChI=1S/C16H12N4O3S/c21-15(12-5-1-2-7-14(12)20(22)23)18-9-11-10-24-16(19-11)13-6-3-4-8-17-13/h1-8,10H,9H2,(H,18,21). The number of pyridine rings is 1. The molecule has 120 valence electrons. The molecule has 0 bridgehead atoms. The molecule has 2 heterocycles. The fraction of sp³-hybridized carbons (Fsp3) is 0.0625. The molecule has 1 N–H and O–H groups in total. The van der Waals surface area contributed by atoms with Crippen molar-refractivity contribution in [3.05, 3.63) is 75.4 Å². The SMILES string of the molecule is O=C(NCc1csc(-c2ccccn2)n1)c1ccccc1[N+](=O)[O-]. The van der Waals surface area contributed by atoms with Crippen molar-refractivity contribution in [1.29, 1.82) is 0 Å². The third-order valence-corrected chi connectivity index (χ3v) is 4.12. The Bertz CT molecular complexity index is 880. The molecule has 0 radical (unpaired) electrons. The molecular formula is C16H12N4O3S. The van der Waals surface area contributed by atoms with Crippen molar-refractivity contribution in [3.8, 4) is 10.7 Å². The summed E-state index contributed by atoms with van der Waals surface area (Å²) in [5, 5.41) is 16.2. The minimum absolute atomic E-state index is 0.0303. The smallest absolute Gasteiger partial charge is 0.282 e. The van der Waals surface area contributed by atoms with Gasteiger partial charge in [0.1, 0.15) is 10.6 Å². The van der Waals surface area contributed by atoms with Gasteiger partial charge in [-0.1, -0.05) is 18.2 Å². The number of carbonyl (C=O) groups excluding carboxylic acids is 1. The third-order valence-electron chi connectivity index (χ3n) is 3.21. The van der Waals surface area contributed by atoms with Crippen molar-refractivity contribution in [2.75, 3.05) is 0 Å². The van der Waals surface area contributed by atoms with E-state index >= 15 is 0 Å². The summed E-state index contributed by atoms with van der Waals surface area (Å²) in [7, 11) is 0. The largest absolute Gasteiger partial charge is 0.346 e. The van der Waals surface area contributed by atoms with E-state index in [1.54, 1.807) is 12.3 Å². The number of para-hydroxylation sites is 1. The predicted octanol–water partition coefficient (Wildman–Crippen LogP) is 3.04. The number of hydrogen-bond donors (Lipinski definition) is 1. The summed E-state index contributed by atoms with van der Waals surface area (Å²) in [6, 6.07) is 11.4. The summed E-state index contributed by atoms with van der Waals surface area (Å²) in [6.07, 6.45) is 1.69. The third kappa shape index (κ3) is 3.44. The maximum Gasteiger partial charge on any atom is 0.282 e. The van der Waals surface area contributed by atoms with Gasteiger partial charge in [0.25, 0.3) is 11.6 Å². The van der Waals surface area contributed by atoms with Crippen molar-refractivity contribution in [3.63, 3.8) is 0 Å². The van der Waals surface area contributed by atoms with Crippen LogP contribution in [0, 0.1) is 10.1 Å². The predicted molar refractivity (Wildman–Crippen MR) is 89.6 cm³/mol. The lowest BCUT2D eigenvalue weighted by atomic mass is 10.1. The molecule has 0 atom stereocenters. The maximum atomic E-state index is 12.2. The van der Waals surface area contributed by atoms with Crippen LogP contribution in [0.25, 0.3) is 10.7 Å². The number of carbonyl (C=O) groups is 1. The molecule has 0 fully saturated rings. The van der Waals surface area contributed by atoms with Crippen LogP contribution in [-0.2, 0) is 6.54 Å². The highest BCUT2D eigenvalue weighted by Crippen LogP contribution is 2.21. The first-order valence-corrected chi connectivity index (χ1v) is 7.90. The van der Waals surface area contributed by atoms with E-state index in [0.717, 1.165) is 10.7 Å². The molecule has 0 saturated heterocycles. The van der Waals surface area contributed by atoms with Crippen LogP contribution in [0.1, 0.15) is 16.1 Å². The first kappa shape index (κ1) is 15.8. The highest BCUT2D eigenvalue weighted by atomic mass is 32.1. The van der Waals surface area contributed by atoms with E-state index in [0.29, 0.717) is 5.69 Å². The number of nitrogens with one attached hydrogen (secondary N) is 1. The Morgan fingerprint density at radius 3 is 2.75 bits per heavy atom. The highest BCUT2D eigenvalue weighted by Gasteiger charge is 2.19. The molecule has 1 amide bonds. The lowest BCUT2D eigenvalue weighted by Gasteiger charge is -2.04. The maximum absolute atomic E-state index is 12.2. The van der Waals surface area contributed by atoms with Gasteiger partial charge in [0, 0.05) is 17.6 Å². The second-order valence-electron chi connectivity index (χ2n) is 4.82. The summed E-state index contributed by atoms with van der Waals surface area (Å²) in [6.45, 7) is 0.189. The Morgan fingerprint density at radius 1 is 1.21 bits per heavy atom. The summed E-state index contributed by atoms with van der Waals surface area (Å²) in [5.74, 6) is -0.505. The van der Waals surface area contributed by atoms with Crippen molar-refractivity contribution in [2.24, 2.45) is 0 Å². The summed E-state index contributed by atoms with van der Waals surface area (Å²) < 4.78 is 0. The number of thiazole rings is 1. The minimum atomic E-state index is -0.572. The average Bonchev–Trinajstić information content (AvgIpc) is 3.09. The van der Waals surface area contributed by atoms with Crippen LogP contribution in [-0.4, -0.2) is 20.8 Å². The number of nitro benzene ring substituents is 1. The van der Waals surface area contributed by atoms with Crippen LogP contribution in [0.15, 0.2) is 54.0 Å². The normalized spacial score (nSPS) is 10.3. The van der Waals surface area contributed by atoms with Crippen molar-refractivity contribution >= 4 is 22.9 Å². The van der Waals surface area contributed by atoms with E-state index in [-0.39, 0.29) is 17.8 Å². The van der Waals surface area contributed by atoms with Crippen LogP contribution in [0.4, 0.5) is 5.69 Å². The zero-order valence-corrected chi connectivity index (χ0v) is 13.2. The van der Waals surface area contributed by atoms with Gasteiger partial charge in [0.05, 0.1) is 22.9 Å². The first-order chi connectivity index (χ1) is 11.6. The van der Waals surface area contributed by atoms with Gasteiger partial charge in [0.2, 0.25) is 0 Å². The Balaban J connectivity index is 1.70. The number of aromatic nitrogens is 2. The monoisotopic (exact) mass is 340 g/mol. The summed E-state index contributed by atoms with van der Waals surface area (Å²) >= 11 is 1.43. The molecule has 0 aliphatic rings. The van der Waals surface area contributed by atoms with Crippen molar-refractivity contribution in [1.82, 2.24) is 15.3 Å². The number of amides is 1. The van der Waals surface area contributed by atoms with Crippen molar-refractivity contribution in [2.45, 2.75) is 6.54 Å². The summed E-state index contributed by atoms with van der Waals surface area (Å²) in [4.78, 5) is 31.2. The van der Waals surface area contributed by atoms with Crippen LogP contribution in [0.3, 0.4) is 0 Å². The molecule has 7 nitrogen and oxygen atoms in total. The molecule has 24 heavy (non-hydrogen) atoms. The molecule has 0 spiro atoms. The highest BCUT2D eigenvalue weighted by molar-refractivity contribution is 7.13. The van der Waals surface area contributed by atoms with E-state index in [4.69, 9.17) is 0 Å². The van der Waals surface area contributed by atoms with E-state index in [9.17, 15) is 14.9 Å². The molecule has 0 saturated carbocycles. The van der Waals surface area contributed by atoms with Gasteiger partial charge >= 0.3 is 0 Å². The molecule has 3 aromatic rings. The number of benzene rings is 1. The molecular weight excluding hydrogens is 328 g/mol. The number of hydrogen-bond acceptors (Lipinski definition) is 6. The molecule has 3 rings (SSSR count). The fourth-order valence-corrected chi connectivity index (χ4v) is 2.88.